The van der Waals surface area contributed by atoms with E-state index in [0.29, 0.717) is 25.9 Å². The number of hydrogen-bond donors (Lipinski definition) is 2. The molecule has 0 bridgehead atoms. The number of ether oxygens (including phenoxy) is 1. The molecular formula is C28H32N4O4. The van der Waals surface area contributed by atoms with Crippen molar-refractivity contribution in [3.63, 3.8) is 0 Å². The van der Waals surface area contributed by atoms with E-state index < -0.39 is 17.6 Å². The number of fused-ring (bicyclic) bond motifs is 5. The van der Waals surface area contributed by atoms with E-state index in [1.165, 1.54) is 4.90 Å². The Bertz CT molecular complexity index is 1330. The lowest BCUT2D eigenvalue weighted by Crippen LogP contribution is -2.51. The average Bonchev–Trinajstić information content (AvgIpc) is 3.35. The summed E-state index contributed by atoms with van der Waals surface area (Å²) < 4.78 is 5.19. The summed E-state index contributed by atoms with van der Waals surface area (Å²) >= 11 is 0. The number of imide groups is 1. The number of benzene rings is 2. The molecule has 0 saturated carbocycles. The minimum atomic E-state index is -1.17. The molecule has 0 radical (unpaired) electrons. The summed E-state index contributed by atoms with van der Waals surface area (Å²) in [4.78, 5) is 47.4. The molecule has 8 nitrogen and oxygen atoms in total. The largest absolute Gasteiger partial charge is 0.497 e. The van der Waals surface area contributed by atoms with Crippen molar-refractivity contribution in [1.82, 2.24) is 20.1 Å². The summed E-state index contributed by atoms with van der Waals surface area (Å²) in [6.45, 7) is 6.48. The van der Waals surface area contributed by atoms with Gasteiger partial charge in [0, 0.05) is 24.0 Å². The molecule has 0 aliphatic carbocycles. The van der Waals surface area contributed by atoms with Gasteiger partial charge in [0.15, 0.2) is 5.54 Å². The Balaban J connectivity index is 1.45. The van der Waals surface area contributed by atoms with E-state index in [4.69, 9.17) is 4.74 Å². The quantitative estimate of drug-likeness (QED) is 0.493. The van der Waals surface area contributed by atoms with Gasteiger partial charge in [-0.2, -0.15) is 0 Å². The monoisotopic (exact) mass is 488 g/mol. The third-order valence-electron chi connectivity index (χ3n) is 7.43. The molecule has 2 N–H and O–H groups in total. The van der Waals surface area contributed by atoms with Crippen LogP contribution in [0.25, 0.3) is 10.9 Å². The number of aromatic amines is 1. The molecule has 0 spiro atoms. The Morgan fingerprint density at radius 2 is 1.86 bits per heavy atom. The number of methoxy groups -OCH3 is 1. The Morgan fingerprint density at radius 3 is 2.56 bits per heavy atom. The zero-order chi connectivity index (χ0) is 25.6. The molecule has 8 heteroatoms. The van der Waals surface area contributed by atoms with Gasteiger partial charge < -0.3 is 19.9 Å². The molecule has 2 aromatic carbocycles. The first kappa shape index (κ1) is 23.9. The van der Waals surface area contributed by atoms with Gasteiger partial charge in [0.1, 0.15) is 11.8 Å². The molecule has 36 heavy (non-hydrogen) atoms. The van der Waals surface area contributed by atoms with Crippen molar-refractivity contribution in [3.8, 4) is 5.75 Å². The number of aromatic nitrogens is 1. The Labute approximate surface area is 210 Å². The third kappa shape index (κ3) is 3.72. The molecule has 2 atom stereocenters. The van der Waals surface area contributed by atoms with E-state index in [-0.39, 0.29) is 17.7 Å². The number of nitrogens with zero attached hydrogens (tertiary/aromatic N) is 2. The molecular weight excluding hydrogens is 456 g/mol. The molecule has 2 unspecified atom stereocenters. The van der Waals surface area contributed by atoms with E-state index in [9.17, 15) is 14.4 Å². The lowest BCUT2D eigenvalue weighted by molar-refractivity contribution is -0.140. The number of urea groups is 1. The van der Waals surface area contributed by atoms with Gasteiger partial charge in [0.05, 0.1) is 12.8 Å². The first-order chi connectivity index (χ1) is 17.3. The van der Waals surface area contributed by atoms with Crippen LogP contribution in [0.1, 0.15) is 44.0 Å². The number of para-hydroxylation sites is 1. The predicted molar refractivity (Wildman–Crippen MR) is 136 cm³/mol. The van der Waals surface area contributed by atoms with Gasteiger partial charge in [-0.25, -0.2) is 9.69 Å². The summed E-state index contributed by atoms with van der Waals surface area (Å²) in [5.41, 5.74) is 2.49. The SMILES string of the molecule is COc1ccc(CNC(=O)C(CC(C)C)N2C(=O)N3CCc4c([nH]c5ccccc45)C3(C)C2=O)cc1. The van der Waals surface area contributed by atoms with Crippen LogP contribution in [0.2, 0.25) is 0 Å². The van der Waals surface area contributed by atoms with Crippen LogP contribution in [-0.4, -0.2) is 52.3 Å². The molecule has 3 heterocycles. The fourth-order valence-electron chi connectivity index (χ4n) is 5.52. The van der Waals surface area contributed by atoms with Crippen molar-refractivity contribution in [1.29, 1.82) is 0 Å². The minimum absolute atomic E-state index is 0.108. The van der Waals surface area contributed by atoms with E-state index in [0.717, 1.165) is 33.5 Å². The van der Waals surface area contributed by atoms with Gasteiger partial charge in [0.25, 0.3) is 5.91 Å². The zero-order valence-corrected chi connectivity index (χ0v) is 21.1. The normalized spacial score (nSPS) is 20.0. The Hall–Kier alpha value is -3.81. The maximum absolute atomic E-state index is 14.0. The summed E-state index contributed by atoms with van der Waals surface area (Å²) in [7, 11) is 1.60. The highest BCUT2D eigenvalue weighted by Crippen LogP contribution is 2.45. The number of carbonyl (C=O) groups excluding carboxylic acids is 3. The lowest BCUT2D eigenvalue weighted by Gasteiger charge is -2.36. The van der Waals surface area contributed by atoms with Gasteiger partial charge in [-0.1, -0.05) is 44.2 Å². The molecule has 4 amide bonds. The molecule has 2 aliphatic heterocycles. The van der Waals surface area contributed by atoms with Crippen LogP contribution in [0.5, 0.6) is 5.75 Å². The van der Waals surface area contributed by atoms with E-state index in [1.54, 1.807) is 18.9 Å². The van der Waals surface area contributed by atoms with Crippen molar-refractivity contribution in [3.05, 3.63) is 65.4 Å². The van der Waals surface area contributed by atoms with E-state index in [2.05, 4.69) is 10.3 Å². The molecule has 1 fully saturated rings. The van der Waals surface area contributed by atoms with Gasteiger partial charge in [-0.05, 0) is 55.0 Å². The summed E-state index contributed by atoms with van der Waals surface area (Å²) in [5, 5.41) is 4.01. The first-order valence-electron chi connectivity index (χ1n) is 12.4. The van der Waals surface area contributed by atoms with Gasteiger partial charge in [-0.3, -0.25) is 9.59 Å². The number of H-pyrrole nitrogens is 1. The smallest absolute Gasteiger partial charge is 0.328 e. The molecule has 1 aromatic heterocycles. The van der Waals surface area contributed by atoms with Crippen molar-refractivity contribution in [2.24, 2.45) is 5.92 Å². The highest BCUT2D eigenvalue weighted by Gasteiger charge is 2.60. The fraction of sp³-hybridized carbons (Fsp3) is 0.393. The second kappa shape index (κ2) is 9.00. The fourth-order valence-corrected chi connectivity index (χ4v) is 5.52. The maximum Gasteiger partial charge on any atom is 0.328 e. The number of carbonyl (C=O) groups is 3. The number of hydrogen-bond acceptors (Lipinski definition) is 4. The first-order valence-corrected chi connectivity index (χ1v) is 12.4. The summed E-state index contributed by atoms with van der Waals surface area (Å²) in [5.74, 6) is 0.153. The van der Waals surface area contributed by atoms with E-state index in [1.807, 2.05) is 62.4 Å². The highest BCUT2D eigenvalue weighted by atomic mass is 16.5. The molecule has 5 rings (SSSR count). The van der Waals surface area contributed by atoms with Crippen LogP contribution < -0.4 is 10.1 Å². The van der Waals surface area contributed by atoms with Crippen molar-refractivity contribution in [2.75, 3.05) is 13.7 Å². The van der Waals surface area contributed by atoms with Crippen LogP contribution in [0.3, 0.4) is 0 Å². The van der Waals surface area contributed by atoms with Crippen LogP contribution in [0.15, 0.2) is 48.5 Å². The lowest BCUT2D eigenvalue weighted by atomic mass is 9.87. The molecule has 188 valence electrons. The van der Waals surface area contributed by atoms with Crippen molar-refractivity contribution < 1.29 is 19.1 Å². The van der Waals surface area contributed by atoms with Crippen molar-refractivity contribution in [2.45, 2.75) is 51.7 Å². The summed E-state index contributed by atoms with van der Waals surface area (Å²) in [6, 6.07) is 14.1. The second-order valence-corrected chi connectivity index (χ2v) is 10.2. The predicted octanol–water partition coefficient (Wildman–Crippen LogP) is 3.94. The van der Waals surface area contributed by atoms with Gasteiger partial charge in [-0.15, -0.1) is 0 Å². The summed E-state index contributed by atoms with van der Waals surface area (Å²) in [6.07, 6.45) is 1.04. The topological polar surface area (TPSA) is 94.7 Å². The number of amides is 4. The van der Waals surface area contributed by atoms with Gasteiger partial charge >= 0.3 is 6.03 Å². The third-order valence-corrected chi connectivity index (χ3v) is 7.43. The van der Waals surface area contributed by atoms with Crippen LogP contribution >= 0.6 is 0 Å². The Kier molecular flexibility index (Phi) is 5.98. The number of nitrogens with one attached hydrogen (secondary N) is 2. The van der Waals surface area contributed by atoms with Crippen LogP contribution in [0.4, 0.5) is 4.79 Å². The average molecular weight is 489 g/mol. The molecule has 2 aliphatic rings. The van der Waals surface area contributed by atoms with Gasteiger partial charge in [0.2, 0.25) is 5.91 Å². The number of rotatable bonds is 7. The molecule has 1 saturated heterocycles. The standard InChI is InChI=1S/C28H32N4O4/c1-17(2)15-23(25(33)29-16-18-9-11-19(36-4)12-10-18)32-26(34)28(3)24-21(13-14-31(28)27(32)35)20-7-5-6-8-22(20)30-24/h5-12,17,23,30H,13-16H2,1-4H3,(H,29,33). The van der Waals surface area contributed by atoms with E-state index >= 15 is 0 Å². The molecule has 3 aromatic rings. The highest BCUT2D eigenvalue weighted by molar-refractivity contribution is 6.11. The van der Waals surface area contributed by atoms with Crippen LogP contribution in [0, 0.1) is 5.92 Å². The minimum Gasteiger partial charge on any atom is -0.497 e. The Morgan fingerprint density at radius 1 is 1.14 bits per heavy atom. The zero-order valence-electron chi connectivity index (χ0n) is 21.1. The van der Waals surface area contributed by atoms with Crippen LogP contribution in [-0.2, 0) is 28.1 Å². The maximum atomic E-state index is 14.0. The van der Waals surface area contributed by atoms with Crippen molar-refractivity contribution >= 4 is 28.7 Å². The second-order valence-electron chi connectivity index (χ2n) is 10.2.